The molecule has 4 heteroatoms. The first-order valence-corrected chi connectivity index (χ1v) is 8.94. The Morgan fingerprint density at radius 2 is 1.84 bits per heavy atom. The normalized spacial score (nSPS) is 11.8. The summed E-state index contributed by atoms with van der Waals surface area (Å²) in [5.41, 5.74) is 8.42. The van der Waals surface area contributed by atoms with Crippen LogP contribution in [0.15, 0.2) is 42.5 Å². The van der Waals surface area contributed by atoms with Gasteiger partial charge in [0.2, 0.25) is 0 Å². The van der Waals surface area contributed by atoms with Crippen LogP contribution in [-0.4, -0.2) is 26.9 Å². The second-order valence-corrected chi connectivity index (χ2v) is 5.98. The molecule has 0 bridgehead atoms. The molecule has 0 saturated heterocycles. The van der Waals surface area contributed by atoms with Gasteiger partial charge >= 0.3 is 0 Å². The van der Waals surface area contributed by atoms with E-state index in [4.69, 9.17) is 19.9 Å². The van der Waals surface area contributed by atoms with Crippen molar-refractivity contribution in [2.75, 3.05) is 26.9 Å². The van der Waals surface area contributed by atoms with Crippen molar-refractivity contribution in [2.45, 2.75) is 32.6 Å². The molecule has 0 spiro atoms. The third kappa shape index (κ3) is 5.40. The van der Waals surface area contributed by atoms with Crippen LogP contribution in [0, 0.1) is 0 Å². The average Bonchev–Trinajstić information content (AvgIpc) is 2.65. The Morgan fingerprint density at radius 1 is 1.00 bits per heavy atom. The summed E-state index contributed by atoms with van der Waals surface area (Å²) in [6.07, 6.45) is 1.81. The molecular formula is C21H29NO3. The molecule has 0 aromatic heterocycles. The maximum absolute atomic E-state index is 6.05. The lowest BCUT2D eigenvalue weighted by atomic mass is 9.92. The quantitative estimate of drug-likeness (QED) is 0.703. The van der Waals surface area contributed by atoms with E-state index in [2.05, 4.69) is 25.1 Å². The highest BCUT2D eigenvalue weighted by atomic mass is 16.5. The molecule has 0 aliphatic rings. The van der Waals surface area contributed by atoms with Crippen molar-refractivity contribution in [3.8, 4) is 17.2 Å². The first-order valence-electron chi connectivity index (χ1n) is 8.94. The van der Waals surface area contributed by atoms with Crippen LogP contribution in [0.5, 0.6) is 17.2 Å². The van der Waals surface area contributed by atoms with E-state index in [1.54, 1.807) is 7.11 Å². The molecule has 0 heterocycles. The monoisotopic (exact) mass is 343 g/mol. The van der Waals surface area contributed by atoms with Gasteiger partial charge in [0.05, 0.1) is 20.3 Å². The minimum atomic E-state index is 0.229. The molecule has 2 rings (SSSR count). The maximum atomic E-state index is 6.05. The lowest BCUT2D eigenvalue weighted by Crippen LogP contribution is -2.15. The van der Waals surface area contributed by atoms with Gasteiger partial charge in [0.25, 0.3) is 0 Å². The van der Waals surface area contributed by atoms with Gasteiger partial charge in [0.1, 0.15) is 5.75 Å². The maximum Gasteiger partial charge on any atom is 0.161 e. The molecule has 0 amide bonds. The van der Waals surface area contributed by atoms with E-state index in [-0.39, 0.29) is 5.92 Å². The molecule has 1 atom stereocenters. The molecular weight excluding hydrogens is 314 g/mol. The van der Waals surface area contributed by atoms with E-state index in [0.29, 0.717) is 19.8 Å². The average molecular weight is 343 g/mol. The highest BCUT2D eigenvalue weighted by molar-refractivity contribution is 5.43. The van der Waals surface area contributed by atoms with Crippen molar-refractivity contribution >= 4 is 0 Å². The summed E-state index contributed by atoms with van der Waals surface area (Å²) in [6, 6.07) is 14.3. The van der Waals surface area contributed by atoms with Crippen LogP contribution in [0.1, 0.15) is 37.3 Å². The van der Waals surface area contributed by atoms with Crippen molar-refractivity contribution in [1.82, 2.24) is 0 Å². The SMILES string of the molecule is CCCOc1ccc(CC(CN)c2cccc(OCC)c2)cc1OC. The summed E-state index contributed by atoms with van der Waals surface area (Å²) in [5.74, 6) is 2.67. The first kappa shape index (κ1) is 19.1. The van der Waals surface area contributed by atoms with Crippen molar-refractivity contribution in [3.05, 3.63) is 53.6 Å². The third-order valence-electron chi connectivity index (χ3n) is 4.10. The Labute approximate surface area is 150 Å². The summed E-state index contributed by atoms with van der Waals surface area (Å²) in [7, 11) is 1.67. The van der Waals surface area contributed by atoms with E-state index < -0.39 is 0 Å². The zero-order chi connectivity index (χ0) is 18.1. The number of hydrogen-bond acceptors (Lipinski definition) is 4. The van der Waals surface area contributed by atoms with Gasteiger partial charge in [-0.1, -0.05) is 25.1 Å². The lowest BCUT2D eigenvalue weighted by Gasteiger charge is -2.18. The molecule has 2 aromatic rings. The Bertz CT molecular complexity index is 657. The fraction of sp³-hybridized carbons (Fsp3) is 0.429. The molecule has 0 saturated carbocycles. The van der Waals surface area contributed by atoms with Crippen LogP contribution in [0.2, 0.25) is 0 Å². The standard InChI is InChI=1S/C21H29NO3/c1-4-11-25-20-10-9-16(13-21(20)23-3)12-18(15-22)17-7-6-8-19(14-17)24-5-2/h6-10,13-14,18H,4-5,11-12,15,22H2,1-3H3. The van der Waals surface area contributed by atoms with E-state index in [1.165, 1.54) is 11.1 Å². The summed E-state index contributed by atoms with van der Waals surface area (Å²) < 4.78 is 16.8. The third-order valence-corrected chi connectivity index (χ3v) is 4.10. The fourth-order valence-corrected chi connectivity index (χ4v) is 2.82. The number of methoxy groups -OCH3 is 1. The van der Waals surface area contributed by atoms with Crippen molar-refractivity contribution in [1.29, 1.82) is 0 Å². The second-order valence-electron chi connectivity index (χ2n) is 5.98. The van der Waals surface area contributed by atoms with Gasteiger partial charge in [-0.3, -0.25) is 0 Å². The molecule has 0 aliphatic heterocycles. The van der Waals surface area contributed by atoms with Gasteiger partial charge in [0, 0.05) is 5.92 Å². The van der Waals surface area contributed by atoms with Crippen LogP contribution >= 0.6 is 0 Å². The van der Waals surface area contributed by atoms with Crippen LogP contribution in [0.4, 0.5) is 0 Å². The summed E-state index contributed by atoms with van der Waals surface area (Å²) in [5, 5.41) is 0. The van der Waals surface area contributed by atoms with E-state index >= 15 is 0 Å². The molecule has 0 aliphatic carbocycles. The van der Waals surface area contributed by atoms with Gasteiger partial charge in [-0.2, -0.15) is 0 Å². The second kappa shape index (κ2) is 9.94. The molecule has 25 heavy (non-hydrogen) atoms. The molecule has 4 nitrogen and oxygen atoms in total. The molecule has 0 radical (unpaired) electrons. The smallest absolute Gasteiger partial charge is 0.161 e. The van der Waals surface area contributed by atoms with Crippen molar-refractivity contribution in [3.63, 3.8) is 0 Å². The van der Waals surface area contributed by atoms with Gasteiger partial charge in [-0.05, 0) is 61.7 Å². The number of ether oxygens (including phenoxy) is 3. The van der Waals surface area contributed by atoms with Crippen molar-refractivity contribution in [2.24, 2.45) is 5.73 Å². The Balaban J connectivity index is 2.16. The van der Waals surface area contributed by atoms with E-state index in [9.17, 15) is 0 Å². The van der Waals surface area contributed by atoms with E-state index in [1.807, 2.05) is 31.2 Å². The lowest BCUT2D eigenvalue weighted by molar-refractivity contribution is 0.294. The minimum absolute atomic E-state index is 0.229. The van der Waals surface area contributed by atoms with E-state index in [0.717, 1.165) is 30.1 Å². The number of nitrogens with two attached hydrogens (primary N) is 1. The van der Waals surface area contributed by atoms with Crippen LogP contribution in [-0.2, 0) is 6.42 Å². The van der Waals surface area contributed by atoms with Gasteiger partial charge < -0.3 is 19.9 Å². The first-order chi connectivity index (χ1) is 12.2. The van der Waals surface area contributed by atoms with Crippen molar-refractivity contribution < 1.29 is 14.2 Å². The predicted molar refractivity (Wildman–Crippen MR) is 102 cm³/mol. The Hall–Kier alpha value is -2.20. The zero-order valence-electron chi connectivity index (χ0n) is 15.5. The fourth-order valence-electron chi connectivity index (χ4n) is 2.82. The number of rotatable bonds is 10. The molecule has 136 valence electrons. The highest BCUT2D eigenvalue weighted by Gasteiger charge is 2.14. The van der Waals surface area contributed by atoms with Gasteiger partial charge in [-0.25, -0.2) is 0 Å². The van der Waals surface area contributed by atoms with Crippen LogP contribution < -0.4 is 19.9 Å². The Kier molecular flexibility index (Phi) is 7.61. The zero-order valence-corrected chi connectivity index (χ0v) is 15.5. The molecule has 2 N–H and O–H groups in total. The number of benzene rings is 2. The number of hydrogen-bond donors (Lipinski definition) is 1. The van der Waals surface area contributed by atoms with Gasteiger partial charge in [0.15, 0.2) is 11.5 Å². The Morgan fingerprint density at radius 3 is 2.52 bits per heavy atom. The predicted octanol–water partition coefficient (Wildman–Crippen LogP) is 4.17. The topological polar surface area (TPSA) is 53.7 Å². The summed E-state index contributed by atoms with van der Waals surface area (Å²) in [4.78, 5) is 0. The van der Waals surface area contributed by atoms with Crippen LogP contribution in [0.3, 0.4) is 0 Å². The highest BCUT2D eigenvalue weighted by Crippen LogP contribution is 2.31. The molecule has 2 aromatic carbocycles. The summed E-state index contributed by atoms with van der Waals surface area (Å²) >= 11 is 0. The molecule has 0 fully saturated rings. The summed E-state index contributed by atoms with van der Waals surface area (Å²) in [6.45, 7) is 6.00. The van der Waals surface area contributed by atoms with Crippen LogP contribution in [0.25, 0.3) is 0 Å². The largest absolute Gasteiger partial charge is 0.494 e. The van der Waals surface area contributed by atoms with Gasteiger partial charge in [-0.15, -0.1) is 0 Å². The molecule has 1 unspecified atom stereocenters. The minimum Gasteiger partial charge on any atom is -0.494 e.